The van der Waals surface area contributed by atoms with E-state index < -0.39 is 10.0 Å². The minimum atomic E-state index is -3.80. The molecular weight excluding hydrogens is 310 g/mol. The largest absolute Gasteiger partial charge is 0.320 e. The fraction of sp³-hybridized carbons (Fsp3) is 0.0714. The van der Waals surface area contributed by atoms with Gasteiger partial charge in [-0.15, -0.1) is 0 Å². The Kier molecular flexibility index (Phi) is 4.81. The second-order valence-corrected chi connectivity index (χ2v) is 6.03. The van der Waals surface area contributed by atoms with Crippen molar-refractivity contribution in [2.45, 2.75) is 4.90 Å². The maximum absolute atomic E-state index is 12.3. The number of nitrogens with two attached hydrogens (primary N) is 1. The van der Waals surface area contributed by atoms with Crippen LogP contribution in [-0.4, -0.2) is 19.9 Å². The Morgan fingerprint density at radius 3 is 2.76 bits per heavy atom. The molecule has 0 atom stereocenters. The number of benzene rings is 1. The number of hydrogen-bond donors (Lipinski definition) is 2. The van der Waals surface area contributed by atoms with Crippen molar-refractivity contribution >= 4 is 27.4 Å². The molecule has 0 spiro atoms. The number of sulfonamides is 1. The molecule has 0 amide bonds. The van der Waals surface area contributed by atoms with E-state index in [2.05, 4.69) is 21.5 Å². The number of nitrogens with one attached hydrogen (secondary N) is 1. The number of anilines is 1. The molecule has 2 aromatic rings. The minimum Gasteiger partial charge on any atom is -0.320 e. The summed E-state index contributed by atoms with van der Waals surface area (Å²) in [5, 5.41) is 0.143. The van der Waals surface area contributed by atoms with Crippen LogP contribution in [0.5, 0.6) is 0 Å². The Bertz CT molecular complexity index is 810. The Morgan fingerprint density at radius 2 is 2.05 bits per heavy atom. The molecule has 0 aliphatic heterocycles. The number of aromatic nitrogens is 1. The van der Waals surface area contributed by atoms with Crippen molar-refractivity contribution in [1.29, 1.82) is 0 Å². The lowest BCUT2D eigenvalue weighted by molar-refractivity contribution is 0.601. The highest BCUT2D eigenvalue weighted by atomic mass is 35.5. The van der Waals surface area contributed by atoms with Crippen LogP contribution in [0.1, 0.15) is 5.56 Å². The van der Waals surface area contributed by atoms with Crippen molar-refractivity contribution in [1.82, 2.24) is 4.98 Å². The van der Waals surface area contributed by atoms with Gasteiger partial charge in [0.15, 0.2) is 0 Å². The molecule has 0 radical (unpaired) electrons. The summed E-state index contributed by atoms with van der Waals surface area (Å²) < 4.78 is 26.9. The molecule has 3 N–H and O–H groups in total. The quantitative estimate of drug-likeness (QED) is 0.845. The lowest BCUT2D eigenvalue weighted by atomic mass is 10.2. The summed E-state index contributed by atoms with van der Waals surface area (Å²) in [6.07, 6.45) is 1.46. The van der Waals surface area contributed by atoms with Crippen LogP contribution in [0.2, 0.25) is 5.02 Å². The Hall–Kier alpha value is -2.07. The topological polar surface area (TPSA) is 85.1 Å². The van der Waals surface area contributed by atoms with Crippen LogP contribution in [-0.2, 0) is 10.0 Å². The monoisotopic (exact) mass is 321 g/mol. The molecule has 1 aromatic carbocycles. The van der Waals surface area contributed by atoms with Gasteiger partial charge in [0.05, 0.1) is 11.6 Å². The molecule has 7 heteroatoms. The lowest BCUT2D eigenvalue weighted by Gasteiger charge is -2.08. The maximum atomic E-state index is 12.3. The summed E-state index contributed by atoms with van der Waals surface area (Å²) in [5.74, 6) is 5.66. The molecule has 2 rings (SSSR count). The van der Waals surface area contributed by atoms with Crippen molar-refractivity contribution in [2.24, 2.45) is 5.73 Å². The fourth-order valence-corrected chi connectivity index (χ4v) is 3.09. The van der Waals surface area contributed by atoms with Gasteiger partial charge in [-0.05, 0) is 24.3 Å². The van der Waals surface area contributed by atoms with Gasteiger partial charge < -0.3 is 5.73 Å². The smallest absolute Gasteiger partial charge is 0.264 e. The summed E-state index contributed by atoms with van der Waals surface area (Å²) in [6.45, 7) is 0.225. The number of pyridine rings is 1. The van der Waals surface area contributed by atoms with Crippen molar-refractivity contribution in [3.8, 4) is 11.8 Å². The molecule has 108 valence electrons. The number of hydrogen-bond acceptors (Lipinski definition) is 4. The first kappa shape index (κ1) is 15.3. The van der Waals surface area contributed by atoms with Crippen molar-refractivity contribution in [2.75, 3.05) is 11.3 Å². The molecule has 0 unspecified atom stereocenters. The highest BCUT2D eigenvalue weighted by Crippen LogP contribution is 2.22. The van der Waals surface area contributed by atoms with Gasteiger partial charge in [0.1, 0.15) is 10.7 Å². The molecule has 0 fully saturated rings. The first-order valence-electron chi connectivity index (χ1n) is 5.95. The molecule has 0 saturated carbocycles. The van der Waals surface area contributed by atoms with Gasteiger partial charge in [0.2, 0.25) is 0 Å². The molecular formula is C14H12ClN3O2S. The molecule has 0 bridgehead atoms. The van der Waals surface area contributed by atoms with Gasteiger partial charge in [-0.1, -0.05) is 35.6 Å². The molecule has 21 heavy (non-hydrogen) atoms. The third-order valence-corrected chi connectivity index (χ3v) is 4.31. The average molecular weight is 322 g/mol. The molecule has 1 heterocycles. The fourth-order valence-electron chi connectivity index (χ4n) is 1.57. The van der Waals surface area contributed by atoms with Gasteiger partial charge in [-0.3, -0.25) is 4.72 Å². The predicted octanol–water partition coefficient (Wildman–Crippen LogP) is 1.85. The van der Waals surface area contributed by atoms with Crippen LogP contribution in [0.4, 0.5) is 5.82 Å². The van der Waals surface area contributed by atoms with Crippen LogP contribution in [0.15, 0.2) is 47.5 Å². The normalized spacial score (nSPS) is 10.6. The lowest BCUT2D eigenvalue weighted by Crippen LogP contribution is -2.14. The van der Waals surface area contributed by atoms with Crippen molar-refractivity contribution in [3.05, 3.63) is 53.2 Å². The summed E-state index contributed by atoms with van der Waals surface area (Å²) in [4.78, 5) is 3.95. The highest BCUT2D eigenvalue weighted by molar-refractivity contribution is 7.92. The van der Waals surface area contributed by atoms with E-state index in [1.165, 1.54) is 24.4 Å². The highest BCUT2D eigenvalue weighted by Gasteiger charge is 2.17. The van der Waals surface area contributed by atoms with E-state index in [9.17, 15) is 8.42 Å². The zero-order chi connectivity index (χ0) is 15.3. The zero-order valence-corrected chi connectivity index (χ0v) is 12.4. The van der Waals surface area contributed by atoms with Gasteiger partial charge >= 0.3 is 0 Å². The second kappa shape index (κ2) is 6.59. The molecule has 5 nitrogen and oxygen atoms in total. The van der Waals surface area contributed by atoms with Gasteiger partial charge in [-0.25, -0.2) is 13.4 Å². The average Bonchev–Trinajstić information content (AvgIpc) is 2.45. The van der Waals surface area contributed by atoms with Crippen LogP contribution in [0.25, 0.3) is 0 Å². The molecule has 1 aromatic heterocycles. The standard InChI is InChI=1S/C14H12ClN3O2S/c15-12-5-1-2-6-13(12)21(19,20)18-14-10-11(4-3-8-16)7-9-17-14/h1-2,5-7,9-10H,8,16H2,(H,17,18). The minimum absolute atomic E-state index is 0.00749. The summed E-state index contributed by atoms with van der Waals surface area (Å²) in [7, 11) is -3.80. The van der Waals surface area contributed by atoms with Crippen LogP contribution in [0.3, 0.4) is 0 Å². The van der Waals surface area contributed by atoms with Crippen molar-refractivity contribution < 1.29 is 8.42 Å². The maximum Gasteiger partial charge on any atom is 0.264 e. The van der Waals surface area contributed by atoms with Crippen molar-refractivity contribution in [3.63, 3.8) is 0 Å². The Balaban J connectivity index is 2.31. The number of nitrogens with zero attached hydrogens (tertiary/aromatic N) is 1. The van der Waals surface area contributed by atoms with E-state index in [4.69, 9.17) is 17.3 Å². The summed E-state index contributed by atoms with van der Waals surface area (Å²) in [6, 6.07) is 9.36. The van der Waals surface area contributed by atoms with Crippen LogP contribution >= 0.6 is 11.6 Å². The van der Waals surface area contributed by atoms with Crippen LogP contribution in [0, 0.1) is 11.8 Å². The first-order chi connectivity index (χ1) is 10.0. The second-order valence-electron chi connectivity index (χ2n) is 3.97. The van der Waals surface area contributed by atoms with Gasteiger partial charge in [0.25, 0.3) is 10.0 Å². The molecule has 0 aliphatic rings. The first-order valence-corrected chi connectivity index (χ1v) is 7.81. The van der Waals surface area contributed by atoms with E-state index in [1.54, 1.807) is 18.2 Å². The van der Waals surface area contributed by atoms with Gasteiger partial charge in [0, 0.05) is 11.8 Å². The third kappa shape index (κ3) is 3.95. The van der Waals surface area contributed by atoms with E-state index in [-0.39, 0.29) is 22.3 Å². The number of rotatable bonds is 3. The molecule has 0 aliphatic carbocycles. The van der Waals surface area contributed by atoms with E-state index in [1.807, 2.05) is 0 Å². The number of halogens is 1. The SMILES string of the molecule is NCC#Cc1ccnc(NS(=O)(=O)c2ccccc2Cl)c1. The van der Waals surface area contributed by atoms with Gasteiger partial charge in [-0.2, -0.15) is 0 Å². The third-order valence-electron chi connectivity index (χ3n) is 2.46. The molecule has 0 saturated heterocycles. The summed E-state index contributed by atoms with van der Waals surface area (Å²) in [5.41, 5.74) is 5.91. The predicted molar refractivity (Wildman–Crippen MR) is 82.4 cm³/mol. The zero-order valence-electron chi connectivity index (χ0n) is 10.9. The van der Waals surface area contributed by atoms with E-state index in [0.717, 1.165) is 0 Å². The van der Waals surface area contributed by atoms with E-state index in [0.29, 0.717) is 5.56 Å². The van der Waals surface area contributed by atoms with Crippen LogP contribution < -0.4 is 10.5 Å². The van der Waals surface area contributed by atoms with E-state index >= 15 is 0 Å². The Labute approximate surface area is 128 Å². The Morgan fingerprint density at radius 1 is 1.29 bits per heavy atom. The summed E-state index contributed by atoms with van der Waals surface area (Å²) >= 11 is 5.90.